The van der Waals surface area contributed by atoms with Crippen LogP contribution in [0.4, 0.5) is 5.82 Å². The summed E-state index contributed by atoms with van der Waals surface area (Å²) >= 11 is 0. The second-order valence-corrected chi connectivity index (χ2v) is 5.61. The van der Waals surface area contributed by atoms with Crippen molar-refractivity contribution in [2.24, 2.45) is 7.05 Å². The molecule has 0 fully saturated rings. The van der Waals surface area contributed by atoms with Crippen LogP contribution in [0.25, 0.3) is 22.3 Å². The Hall–Kier alpha value is -3.54. The standard InChI is InChI=1S/C19H15N5O/c1-24-16(12-15(23-24)13-6-3-2-4-7-13)19(25)22-17-10-9-14-8-5-11-20-18(14)21-17/h2-12H,1H3,(H,20,21,22,25). The Balaban J connectivity index is 1.61. The molecular formula is C19H15N5O. The van der Waals surface area contributed by atoms with Crippen LogP contribution in [0.15, 0.2) is 66.9 Å². The monoisotopic (exact) mass is 329 g/mol. The number of hydrogen-bond acceptors (Lipinski definition) is 4. The number of carbonyl (C=O) groups excluding carboxylic acids is 1. The molecule has 0 aliphatic rings. The predicted molar refractivity (Wildman–Crippen MR) is 96.1 cm³/mol. The van der Waals surface area contributed by atoms with Crippen molar-refractivity contribution in [3.63, 3.8) is 0 Å². The minimum atomic E-state index is -0.264. The number of hydrogen-bond donors (Lipinski definition) is 1. The van der Waals surface area contributed by atoms with E-state index in [2.05, 4.69) is 20.4 Å². The molecule has 0 aliphatic carbocycles. The summed E-state index contributed by atoms with van der Waals surface area (Å²) in [4.78, 5) is 21.1. The fourth-order valence-corrected chi connectivity index (χ4v) is 2.63. The zero-order valence-electron chi connectivity index (χ0n) is 13.5. The van der Waals surface area contributed by atoms with Crippen LogP contribution in [0.2, 0.25) is 0 Å². The van der Waals surface area contributed by atoms with Crippen LogP contribution in [0.3, 0.4) is 0 Å². The first-order chi connectivity index (χ1) is 12.2. The van der Waals surface area contributed by atoms with E-state index in [1.54, 1.807) is 30.1 Å². The fraction of sp³-hybridized carbons (Fsp3) is 0.0526. The van der Waals surface area contributed by atoms with E-state index >= 15 is 0 Å². The SMILES string of the molecule is Cn1nc(-c2ccccc2)cc1C(=O)Nc1ccc2cccnc2n1. The number of pyridine rings is 2. The average molecular weight is 329 g/mol. The second-order valence-electron chi connectivity index (χ2n) is 5.61. The molecular weight excluding hydrogens is 314 g/mol. The van der Waals surface area contributed by atoms with Gasteiger partial charge in [0.25, 0.3) is 5.91 Å². The number of amides is 1. The molecule has 0 unspecified atom stereocenters. The first-order valence-corrected chi connectivity index (χ1v) is 7.83. The Labute approximate surface area is 144 Å². The quantitative estimate of drug-likeness (QED) is 0.626. The molecule has 4 rings (SSSR count). The highest BCUT2D eigenvalue weighted by atomic mass is 16.2. The molecule has 0 atom stereocenters. The number of carbonyl (C=O) groups is 1. The number of anilines is 1. The molecule has 1 amide bonds. The van der Waals surface area contributed by atoms with Crippen molar-refractivity contribution in [2.45, 2.75) is 0 Å². The van der Waals surface area contributed by atoms with Crippen LogP contribution in [-0.4, -0.2) is 25.7 Å². The molecule has 3 heterocycles. The molecule has 0 bridgehead atoms. The summed E-state index contributed by atoms with van der Waals surface area (Å²) in [5.74, 6) is 0.193. The minimum absolute atomic E-state index is 0.264. The third-order valence-electron chi connectivity index (χ3n) is 3.89. The van der Waals surface area contributed by atoms with Crippen molar-refractivity contribution < 1.29 is 4.79 Å². The maximum absolute atomic E-state index is 12.6. The van der Waals surface area contributed by atoms with E-state index in [-0.39, 0.29) is 5.91 Å². The molecule has 0 radical (unpaired) electrons. The number of aromatic nitrogens is 4. The summed E-state index contributed by atoms with van der Waals surface area (Å²) in [5.41, 5.74) is 2.77. The molecule has 122 valence electrons. The highest BCUT2D eigenvalue weighted by molar-refractivity contribution is 6.03. The van der Waals surface area contributed by atoms with Gasteiger partial charge in [-0.25, -0.2) is 9.97 Å². The largest absolute Gasteiger partial charge is 0.305 e. The Morgan fingerprint density at radius 3 is 2.72 bits per heavy atom. The van der Waals surface area contributed by atoms with Gasteiger partial charge in [0.1, 0.15) is 11.5 Å². The first kappa shape index (κ1) is 15.0. The topological polar surface area (TPSA) is 72.7 Å². The maximum atomic E-state index is 12.6. The Morgan fingerprint density at radius 2 is 1.88 bits per heavy atom. The van der Waals surface area contributed by atoms with Crippen LogP contribution in [0.5, 0.6) is 0 Å². The lowest BCUT2D eigenvalue weighted by atomic mass is 10.1. The zero-order chi connectivity index (χ0) is 17.2. The van der Waals surface area contributed by atoms with Crippen molar-refractivity contribution in [1.29, 1.82) is 0 Å². The smallest absolute Gasteiger partial charge is 0.275 e. The van der Waals surface area contributed by atoms with Gasteiger partial charge in [-0.2, -0.15) is 5.10 Å². The first-order valence-electron chi connectivity index (χ1n) is 7.83. The van der Waals surface area contributed by atoms with E-state index in [1.807, 2.05) is 48.5 Å². The molecule has 6 heteroatoms. The summed E-state index contributed by atoms with van der Waals surface area (Å²) in [7, 11) is 1.75. The van der Waals surface area contributed by atoms with Gasteiger partial charge in [0, 0.05) is 24.2 Å². The van der Waals surface area contributed by atoms with Gasteiger partial charge in [-0.15, -0.1) is 0 Å². The van der Waals surface area contributed by atoms with E-state index in [0.717, 1.165) is 16.6 Å². The van der Waals surface area contributed by atoms with E-state index in [9.17, 15) is 4.79 Å². The molecule has 6 nitrogen and oxygen atoms in total. The summed E-state index contributed by atoms with van der Waals surface area (Å²) < 4.78 is 1.57. The number of rotatable bonds is 3. The lowest BCUT2D eigenvalue weighted by molar-refractivity contribution is 0.101. The lowest BCUT2D eigenvalue weighted by Gasteiger charge is -2.05. The number of nitrogens with zero attached hydrogens (tertiary/aromatic N) is 4. The molecule has 1 N–H and O–H groups in total. The van der Waals surface area contributed by atoms with E-state index < -0.39 is 0 Å². The summed E-state index contributed by atoms with van der Waals surface area (Å²) in [6.45, 7) is 0. The van der Waals surface area contributed by atoms with E-state index in [1.165, 1.54) is 0 Å². The van der Waals surface area contributed by atoms with Crippen molar-refractivity contribution in [3.05, 3.63) is 72.6 Å². The molecule has 0 saturated heterocycles. The number of nitrogens with one attached hydrogen (secondary N) is 1. The molecule has 4 aromatic rings. The number of benzene rings is 1. The highest BCUT2D eigenvalue weighted by Crippen LogP contribution is 2.19. The van der Waals surface area contributed by atoms with Gasteiger partial charge in [-0.3, -0.25) is 9.48 Å². The van der Waals surface area contributed by atoms with Gasteiger partial charge < -0.3 is 5.32 Å². The Morgan fingerprint density at radius 1 is 1.04 bits per heavy atom. The van der Waals surface area contributed by atoms with Gasteiger partial charge in [0.2, 0.25) is 0 Å². The van der Waals surface area contributed by atoms with Crippen LogP contribution in [0.1, 0.15) is 10.5 Å². The van der Waals surface area contributed by atoms with Gasteiger partial charge in [0.05, 0.1) is 5.69 Å². The van der Waals surface area contributed by atoms with Gasteiger partial charge in [0.15, 0.2) is 5.65 Å². The molecule has 0 saturated carbocycles. The molecule has 25 heavy (non-hydrogen) atoms. The van der Waals surface area contributed by atoms with Crippen molar-refractivity contribution in [2.75, 3.05) is 5.32 Å². The zero-order valence-corrected chi connectivity index (χ0v) is 13.5. The maximum Gasteiger partial charge on any atom is 0.275 e. The number of fused-ring (bicyclic) bond motifs is 1. The normalized spacial score (nSPS) is 10.8. The van der Waals surface area contributed by atoms with Crippen LogP contribution in [0, 0.1) is 0 Å². The minimum Gasteiger partial charge on any atom is -0.305 e. The van der Waals surface area contributed by atoms with E-state index in [0.29, 0.717) is 17.2 Å². The second kappa shape index (κ2) is 6.16. The number of aryl methyl sites for hydroxylation is 1. The molecule has 1 aromatic carbocycles. The average Bonchev–Trinajstić information content (AvgIpc) is 3.04. The van der Waals surface area contributed by atoms with Crippen molar-refractivity contribution in [3.8, 4) is 11.3 Å². The Kier molecular flexibility index (Phi) is 3.70. The molecule has 0 spiro atoms. The van der Waals surface area contributed by atoms with Gasteiger partial charge in [-0.1, -0.05) is 30.3 Å². The summed E-state index contributed by atoms with van der Waals surface area (Å²) in [6, 6.07) is 18.9. The van der Waals surface area contributed by atoms with E-state index in [4.69, 9.17) is 0 Å². The highest BCUT2D eigenvalue weighted by Gasteiger charge is 2.15. The molecule has 3 aromatic heterocycles. The van der Waals surface area contributed by atoms with Gasteiger partial charge in [-0.05, 0) is 30.3 Å². The third kappa shape index (κ3) is 2.97. The van der Waals surface area contributed by atoms with Gasteiger partial charge >= 0.3 is 0 Å². The van der Waals surface area contributed by atoms with Crippen LogP contribution in [-0.2, 0) is 7.05 Å². The lowest BCUT2D eigenvalue weighted by Crippen LogP contribution is -2.16. The molecule has 0 aliphatic heterocycles. The van der Waals surface area contributed by atoms with Crippen LogP contribution < -0.4 is 5.32 Å². The summed E-state index contributed by atoms with van der Waals surface area (Å²) in [6.07, 6.45) is 1.67. The fourth-order valence-electron chi connectivity index (χ4n) is 2.63. The predicted octanol–water partition coefficient (Wildman–Crippen LogP) is 3.28. The van der Waals surface area contributed by atoms with Crippen LogP contribution >= 0.6 is 0 Å². The van der Waals surface area contributed by atoms with Crippen molar-refractivity contribution in [1.82, 2.24) is 19.7 Å². The Bertz CT molecular complexity index is 1060. The summed E-state index contributed by atoms with van der Waals surface area (Å²) in [5, 5.41) is 8.15. The third-order valence-corrected chi connectivity index (χ3v) is 3.89. The van der Waals surface area contributed by atoms with Crippen molar-refractivity contribution >= 4 is 22.8 Å².